The van der Waals surface area contributed by atoms with Crippen molar-refractivity contribution in [3.8, 4) is 5.75 Å². The molecule has 1 unspecified atom stereocenters. The van der Waals surface area contributed by atoms with Crippen LogP contribution in [-0.2, 0) is 27.2 Å². The highest BCUT2D eigenvalue weighted by Crippen LogP contribution is 2.24. The van der Waals surface area contributed by atoms with Crippen molar-refractivity contribution in [1.82, 2.24) is 10.3 Å². The fraction of sp³-hybridized carbons (Fsp3) is 0.417. The molecule has 1 aliphatic rings. The maximum Gasteiger partial charge on any atom is 0.306 e. The van der Waals surface area contributed by atoms with Gasteiger partial charge in [-0.05, 0) is 43.0 Å². The van der Waals surface area contributed by atoms with Crippen LogP contribution in [0.5, 0.6) is 5.75 Å². The van der Waals surface area contributed by atoms with Crippen LogP contribution in [0, 0.1) is 5.92 Å². The molecule has 0 spiro atoms. The van der Waals surface area contributed by atoms with Crippen LogP contribution in [-0.4, -0.2) is 34.0 Å². The van der Waals surface area contributed by atoms with E-state index in [1.807, 2.05) is 57.2 Å². The van der Waals surface area contributed by atoms with Crippen molar-refractivity contribution in [2.24, 2.45) is 5.92 Å². The van der Waals surface area contributed by atoms with E-state index >= 15 is 0 Å². The Morgan fingerprint density at radius 1 is 1.12 bits per heavy atom. The van der Waals surface area contributed by atoms with Crippen LogP contribution in [0.3, 0.4) is 0 Å². The van der Waals surface area contributed by atoms with Crippen molar-refractivity contribution in [2.45, 2.75) is 51.4 Å². The Morgan fingerprint density at radius 2 is 1.88 bits per heavy atom. The van der Waals surface area contributed by atoms with E-state index < -0.39 is 0 Å². The first-order chi connectivity index (χ1) is 15.3. The molecule has 7 nitrogen and oxygen atoms in total. The van der Waals surface area contributed by atoms with Gasteiger partial charge >= 0.3 is 5.97 Å². The molecule has 8 heteroatoms. The molecule has 3 rings (SSSR count). The summed E-state index contributed by atoms with van der Waals surface area (Å²) in [6, 6.07) is 11.4. The number of hydrogen-bond acceptors (Lipinski definition) is 7. The first kappa shape index (κ1) is 23.8. The summed E-state index contributed by atoms with van der Waals surface area (Å²) in [6.45, 7) is 6.28. The van der Waals surface area contributed by atoms with Crippen LogP contribution in [0.1, 0.15) is 50.1 Å². The molecule has 2 amide bonds. The number of hydrogen-bond donors (Lipinski definition) is 1. The zero-order valence-corrected chi connectivity index (χ0v) is 19.3. The highest BCUT2D eigenvalue weighted by atomic mass is 32.2. The molecule has 1 aromatic carbocycles. The molecule has 0 saturated carbocycles. The molecule has 0 radical (unpaired) electrons. The standard InChI is InChI=1S/C24H28N2O5S/c1-15(2)12-22(27)31-16(3)18-6-7-19(25-14-18)10-11-30-20-8-4-17(5-9-20)13-21-23(28)26-24(29)32-21/h4-9,14-16,21H,10-13H2,1-3H3,(H,26,28,29)/t16-,21?/m1/s1. The number of rotatable bonds is 10. The third kappa shape index (κ3) is 7.09. The summed E-state index contributed by atoms with van der Waals surface area (Å²) >= 11 is 1.03. The van der Waals surface area contributed by atoms with Crippen LogP contribution < -0.4 is 10.1 Å². The first-order valence-corrected chi connectivity index (χ1v) is 11.6. The van der Waals surface area contributed by atoms with Crippen LogP contribution in [0.2, 0.25) is 0 Å². The first-order valence-electron chi connectivity index (χ1n) is 10.7. The van der Waals surface area contributed by atoms with Gasteiger partial charge in [0.15, 0.2) is 0 Å². The van der Waals surface area contributed by atoms with Crippen molar-refractivity contribution in [2.75, 3.05) is 6.61 Å². The van der Waals surface area contributed by atoms with Gasteiger partial charge in [-0.2, -0.15) is 0 Å². The summed E-state index contributed by atoms with van der Waals surface area (Å²) < 4.78 is 11.2. The molecule has 2 aromatic rings. The number of carbonyl (C=O) groups excluding carboxylic acids is 3. The second-order valence-electron chi connectivity index (χ2n) is 8.14. The van der Waals surface area contributed by atoms with Crippen molar-refractivity contribution >= 4 is 28.9 Å². The van der Waals surface area contributed by atoms with Crippen LogP contribution >= 0.6 is 11.8 Å². The zero-order valence-electron chi connectivity index (χ0n) is 18.5. The minimum atomic E-state index is -0.371. The van der Waals surface area contributed by atoms with Crippen molar-refractivity contribution in [3.05, 3.63) is 59.4 Å². The van der Waals surface area contributed by atoms with Crippen LogP contribution in [0.25, 0.3) is 0 Å². The van der Waals surface area contributed by atoms with Gasteiger partial charge < -0.3 is 9.47 Å². The van der Waals surface area contributed by atoms with Crippen molar-refractivity contribution in [3.63, 3.8) is 0 Å². The number of ether oxygens (including phenoxy) is 2. The number of benzene rings is 1. The van der Waals surface area contributed by atoms with Crippen molar-refractivity contribution < 1.29 is 23.9 Å². The fourth-order valence-electron chi connectivity index (χ4n) is 3.21. The molecule has 0 aliphatic carbocycles. The topological polar surface area (TPSA) is 94.6 Å². The highest BCUT2D eigenvalue weighted by Gasteiger charge is 2.31. The Labute approximate surface area is 192 Å². The van der Waals surface area contributed by atoms with Gasteiger partial charge in [-0.15, -0.1) is 0 Å². The van der Waals surface area contributed by atoms with E-state index in [0.29, 0.717) is 25.9 Å². The second-order valence-corrected chi connectivity index (χ2v) is 9.32. The molecular formula is C24H28N2O5S. The molecule has 2 heterocycles. The van der Waals surface area contributed by atoms with Gasteiger partial charge in [0.25, 0.3) is 5.24 Å². The number of aromatic nitrogens is 1. The Morgan fingerprint density at radius 3 is 2.47 bits per heavy atom. The molecule has 1 fully saturated rings. The summed E-state index contributed by atoms with van der Waals surface area (Å²) in [5.74, 6) is 0.567. The Balaban J connectivity index is 1.42. The minimum absolute atomic E-state index is 0.199. The lowest BCUT2D eigenvalue weighted by Gasteiger charge is -2.14. The number of esters is 1. The SMILES string of the molecule is CC(C)CC(=O)O[C@H](C)c1ccc(CCOc2ccc(CC3SC(=O)NC3=O)cc2)nc1. The second kappa shape index (κ2) is 11.1. The molecule has 170 valence electrons. The Bertz CT molecular complexity index is 944. The lowest BCUT2D eigenvalue weighted by Crippen LogP contribution is -2.25. The highest BCUT2D eigenvalue weighted by molar-refractivity contribution is 8.15. The van der Waals surface area contributed by atoms with Crippen molar-refractivity contribution in [1.29, 1.82) is 0 Å². The average Bonchev–Trinajstić information content (AvgIpc) is 3.05. The van der Waals surface area contributed by atoms with E-state index in [2.05, 4.69) is 10.3 Å². The summed E-state index contributed by atoms with van der Waals surface area (Å²) in [7, 11) is 0. The molecule has 0 bridgehead atoms. The predicted octanol–water partition coefficient (Wildman–Crippen LogP) is 4.25. The van der Waals surface area contributed by atoms with Gasteiger partial charge in [-0.1, -0.05) is 43.8 Å². The summed E-state index contributed by atoms with van der Waals surface area (Å²) in [4.78, 5) is 39.2. The zero-order chi connectivity index (χ0) is 23.1. The summed E-state index contributed by atoms with van der Waals surface area (Å²) in [5, 5.41) is 1.64. The molecule has 1 N–H and O–H groups in total. The monoisotopic (exact) mass is 456 g/mol. The summed E-state index contributed by atoms with van der Waals surface area (Å²) in [5.41, 5.74) is 2.72. The normalized spacial score (nSPS) is 16.7. The van der Waals surface area contributed by atoms with Gasteiger partial charge in [0.05, 0.1) is 11.9 Å². The Hall–Kier alpha value is -2.87. The molecule has 2 atom stereocenters. The minimum Gasteiger partial charge on any atom is -0.493 e. The average molecular weight is 457 g/mol. The van der Waals surface area contributed by atoms with E-state index in [-0.39, 0.29) is 34.4 Å². The number of carbonyl (C=O) groups is 3. The van der Waals surface area contributed by atoms with Gasteiger partial charge in [-0.25, -0.2) is 0 Å². The predicted molar refractivity (Wildman–Crippen MR) is 122 cm³/mol. The van der Waals surface area contributed by atoms with Crippen LogP contribution in [0.4, 0.5) is 4.79 Å². The maximum absolute atomic E-state index is 11.8. The molecule has 1 aliphatic heterocycles. The van der Waals surface area contributed by atoms with E-state index in [1.165, 1.54) is 0 Å². The number of pyridine rings is 1. The van der Waals surface area contributed by atoms with Gasteiger partial charge in [0.2, 0.25) is 5.91 Å². The molecule has 32 heavy (non-hydrogen) atoms. The molecule has 1 aromatic heterocycles. The van der Waals surface area contributed by atoms with E-state index in [1.54, 1.807) is 6.20 Å². The van der Waals surface area contributed by atoms with Gasteiger partial charge in [0.1, 0.15) is 11.9 Å². The molecular weight excluding hydrogens is 428 g/mol. The maximum atomic E-state index is 11.8. The lowest BCUT2D eigenvalue weighted by atomic mass is 10.1. The number of nitrogens with zero attached hydrogens (tertiary/aromatic N) is 1. The van der Waals surface area contributed by atoms with E-state index in [4.69, 9.17) is 9.47 Å². The van der Waals surface area contributed by atoms with E-state index in [0.717, 1.165) is 34.3 Å². The van der Waals surface area contributed by atoms with Gasteiger partial charge in [-0.3, -0.25) is 24.7 Å². The number of nitrogens with one attached hydrogen (secondary N) is 1. The van der Waals surface area contributed by atoms with Gasteiger partial charge in [0, 0.05) is 30.3 Å². The smallest absolute Gasteiger partial charge is 0.306 e. The largest absolute Gasteiger partial charge is 0.493 e. The number of thioether (sulfide) groups is 1. The third-order valence-corrected chi connectivity index (χ3v) is 5.92. The lowest BCUT2D eigenvalue weighted by molar-refractivity contribution is -0.149. The number of imide groups is 1. The molecule has 1 saturated heterocycles. The van der Waals surface area contributed by atoms with Crippen LogP contribution in [0.15, 0.2) is 42.6 Å². The van der Waals surface area contributed by atoms with E-state index in [9.17, 15) is 14.4 Å². The number of amides is 2. The fourth-order valence-corrected chi connectivity index (χ4v) is 4.07. The quantitative estimate of drug-likeness (QED) is 0.534. The summed E-state index contributed by atoms with van der Waals surface area (Å²) in [6.07, 6.45) is 2.96. The Kier molecular flexibility index (Phi) is 8.27. The third-order valence-electron chi connectivity index (χ3n) is 4.94.